The lowest BCUT2D eigenvalue weighted by Crippen LogP contribution is -2.40. The summed E-state index contributed by atoms with van der Waals surface area (Å²) < 4.78 is 70.5. The molecule has 0 aliphatic carbocycles. The molecule has 0 amide bonds. The first-order chi connectivity index (χ1) is 10.3. The van der Waals surface area contributed by atoms with Crippen LogP contribution in [0, 0.1) is 0 Å². The lowest BCUT2D eigenvalue weighted by atomic mass is 10.1. The first kappa shape index (κ1) is 15.3. The summed E-state index contributed by atoms with van der Waals surface area (Å²) in [6.07, 6.45) is -3.20. The predicted octanol–water partition coefficient (Wildman–Crippen LogP) is 2.21. The summed E-state index contributed by atoms with van der Waals surface area (Å²) in [4.78, 5) is 2.31. The van der Waals surface area contributed by atoms with Crippen molar-refractivity contribution in [3.63, 3.8) is 0 Å². The molecule has 0 atom stereocenters. The summed E-state index contributed by atoms with van der Waals surface area (Å²) in [6.45, 7) is 0.720. The fraction of sp³-hybridized carbons (Fsp3) is 0.385. The smallest absolute Gasteiger partial charge is 0.379 e. The van der Waals surface area contributed by atoms with Crippen LogP contribution in [0.3, 0.4) is 0 Å². The molecule has 1 saturated heterocycles. The van der Waals surface area contributed by atoms with Crippen molar-refractivity contribution in [2.24, 2.45) is 0 Å². The third kappa shape index (κ3) is 2.59. The van der Waals surface area contributed by atoms with Gasteiger partial charge in [-0.15, -0.1) is 0 Å². The van der Waals surface area contributed by atoms with Gasteiger partial charge in [-0.2, -0.15) is 17.5 Å². The fourth-order valence-corrected chi connectivity index (χ4v) is 4.08. The third-order valence-electron chi connectivity index (χ3n) is 3.55. The van der Waals surface area contributed by atoms with E-state index in [1.54, 1.807) is 0 Å². The van der Waals surface area contributed by atoms with Gasteiger partial charge >= 0.3 is 6.18 Å². The van der Waals surface area contributed by atoms with Crippen LogP contribution >= 0.6 is 0 Å². The van der Waals surface area contributed by atoms with Gasteiger partial charge in [0.05, 0.1) is 23.7 Å². The zero-order chi connectivity index (χ0) is 16.0. The molecule has 1 aliphatic heterocycles. The first-order valence-electron chi connectivity index (χ1n) is 6.56. The maximum Gasteiger partial charge on any atom is 0.416 e. The molecule has 120 valence electrons. The maximum atomic E-state index is 13.0. The number of halogens is 3. The number of alkyl halides is 3. The molecule has 0 unspecified atom stereocenters. The van der Waals surface area contributed by atoms with Crippen molar-refractivity contribution >= 4 is 20.9 Å². The second-order valence-electron chi connectivity index (χ2n) is 4.93. The van der Waals surface area contributed by atoms with Crippen LogP contribution < -0.4 is 0 Å². The fourth-order valence-electron chi connectivity index (χ4n) is 2.44. The normalized spacial score (nSPS) is 18.0. The number of morpholine rings is 1. The Morgan fingerprint density at radius 3 is 2.50 bits per heavy atom. The van der Waals surface area contributed by atoms with Gasteiger partial charge in [0, 0.05) is 30.2 Å². The van der Waals surface area contributed by atoms with Gasteiger partial charge in [-0.1, -0.05) is 0 Å². The Morgan fingerprint density at radius 1 is 1.18 bits per heavy atom. The molecule has 0 spiro atoms. The Hall–Kier alpha value is -1.58. The minimum atomic E-state index is -4.62. The summed E-state index contributed by atoms with van der Waals surface area (Å²) in [5.41, 5.74) is -0.851. The van der Waals surface area contributed by atoms with Crippen LogP contribution in [-0.2, 0) is 20.9 Å². The number of rotatable bonds is 2. The second-order valence-corrected chi connectivity index (χ2v) is 6.83. The highest BCUT2D eigenvalue weighted by Gasteiger charge is 2.35. The Bertz CT molecular complexity index is 792. The predicted molar refractivity (Wildman–Crippen MR) is 72.9 cm³/mol. The highest BCUT2D eigenvalue weighted by Crippen LogP contribution is 2.35. The van der Waals surface area contributed by atoms with Crippen LogP contribution in [0.25, 0.3) is 10.9 Å². The van der Waals surface area contributed by atoms with E-state index in [4.69, 9.17) is 4.74 Å². The molecule has 3 rings (SSSR count). The number of nitrogens with one attached hydrogen (secondary N) is 1. The minimum absolute atomic E-state index is 0.129. The van der Waals surface area contributed by atoms with Crippen LogP contribution in [0.1, 0.15) is 5.56 Å². The average molecular weight is 334 g/mol. The molecule has 9 heteroatoms. The number of hydrogen-bond donors (Lipinski definition) is 1. The molecule has 2 aromatic rings. The van der Waals surface area contributed by atoms with E-state index in [0.29, 0.717) is 6.07 Å². The lowest BCUT2D eigenvalue weighted by molar-refractivity contribution is -0.137. The summed E-state index contributed by atoms with van der Waals surface area (Å²) in [5, 5.41) is 0.250. The molecule has 1 fully saturated rings. The molecule has 22 heavy (non-hydrogen) atoms. The number of nitrogens with zero attached hydrogens (tertiary/aromatic N) is 1. The summed E-state index contributed by atoms with van der Waals surface area (Å²) in [6, 6.07) is 3.07. The first-order valence-corrected chi connectivity index (χ1v) is 8.00. The molecular formula is C13H13F3N2O3S. The highest BCUT2D eigenvalue weighted by molar-refractivity contribution is 7.89. The number of aromatic amines is 1. The molecule has 0 saturated carbocycles. The molecule has 1 aromatic heterocycles. The molecule has 2 heterocycles. The van der Waals surface area contributed by atoms with Crippen molar-refractivity contribution in [1.82, 2.24) is 9.29 Å². The molecular weight excluding hydrogens is 321 g/mol. The number of sulfonamides is 1. The van der Waals surface area contributed by atoms with Gasteiger partial charge in [0.15, 0.2) is 0 Å². The van der Waals surface area contributed by atoms with Gasteiger partial charge in [0.1, 0.15) is 0 Å². The van der Waals surface area contributed by atoms with Crippen molar-refractivity contribution in [3.05, 3.63) is 30.0 Å². The van der Waals surface area contributed by atoms with Gasteiger partial charge in [-0.25, -0.2) is 8.42 Å². The van der Waals surface area contributed by atoms with E-state index in [9.17, 15) is 21.6 Å². The monoisotopic (exact) mass is 334 g/mol. The third-order valence-corrected chi connectivity index (χ3v) is 5.48. The largest absolute Gasteiger partial charge is 0.416 e. The average Bonchev–Trinajstić information content (AvgIpc) is 2.94. The van der Waals surface area contributed by atoms with Gasteiger partial charge in [0.2, 0.25) is 10.0 Å². The molecule has 0 bridgehead atoms. The Labute approximate surface area is 124 Å². The van der Waals surface area contributed by atoms with E-state index < -0.39 is 21.8 Å². The quantitative estimate of drug-likeness (QED) is 0.916. The molecule has 0 radical (unpaired) electrons. The number of aromatic nitrogens is 1. The number of benzene rings is 1. The number of H-pyrrole nitrogens is 1. The number of ether oxygens (including phenoxy) is 1. The summed E-state index contributed by atoms with van der Waals surface area (Å²) >= 11 is 0. The van der Waals surface area contributed by atoms with Crippen LogP contribution in [0.2, 0.25) is 0 Å². The molecule has 1 aromatic carbocycles. The van der Waals surface area contributed by atoms with Gasteiger partial charge in [-0.05, 0) is 18.2 Å². The minimum Gasteiger partial charge on any atom is -0.379 e. The van der Waals surface area contributed by atoms with Gasteiger partial charge < -0.3 is 9.72 Å². The van der Waals surface area contributed by atoms with Crippen molar-refractivity contribution in [2.75, 3.05) is 26.3 Å². The van der Waals surface area contributed by atoms with E-state index >= 15 is 0 Å². The van der Waals surface area contributed by atoms with Gasteiger partial charge in [0.25, 0.3) is 0 Å². The topological polar surface area (TPSA) is 62.4 Å². The Kier molecular flexibility index (Phi) is 3.66. The van der Waals surface area contributed by atoms with Crippen molar-refractivity contribution in [1.29, 1.82) is 0 Å². The van der Waals surface area contributed by atoms with Crippen molar-refractivity contribution in [2.45, 2.75) is 11.1 Å². The Morgan fingerprint density at radius 2 is 1.86 bits per heavy atom. The lowest BCUT2D eigenvalue weighted by Gasteiger charge is -2.26. The zero-order valence-electron chi connectivity index (χ0n) is 11.4. The number of fused-ring (bicyclic) bond motifs is 1. The summed E-state index contributed by atoms with van der Waals surface area (Å²) in [5.74, 6) is 0. The van der Waals surface area contributed by atoms with E-state index in [1.807, 2.05) is 0 Å². The van der Waals surface area contributed by atoms with Crippen LogP contribution in [-0.4, -0.2) is 44.0 Å². The maximum absolute atomic E-state index is 13.0. The molecule has 5 nitrogen and oxygen atoms in total. The van der Waals surface area contributed by atoms with E-state index in [-0.39, 0.29) is 42.1 Å². The molecule has 1 aliphatic rings. The molecule has 1 N–H and O–H groups in total. The second kappa shape index (κ2) is 5.25. The zero-order valence-corrected chi connectivity index (χ0v) is 12.2. The van der Waals surface area contributed by atoms with Crippen molar-refractivity contribution < 1.29 is 26.3 Å². The van der Waals surface area contributed by atoms with Crippen LogP contribution in [0.15, 0.2) is 29.3 Å². The van der Waals surface area contributed by atoms with Crippen LogP contribution in [0.4, 0.5) is 13.2 Å². The van der Waals surface area contributed by atoms with E-state index in [1.165, 1.54) is 12.3 Å². The van der Waals surface area contributed by atoms with E-state index in [0.717, 1.165) is 10.4 Å². The van der Waals surface area contributed by atoms with Crippen LogP contribution in [0.5, 0.6) is 0 Å². The number of hydrogen-bond acceptors (Lipinski definition) is 3. The Balaban J connectivity index is 2.18. The van der Waals surface area contributed by atoms with Crippen molar-refractivity contribution in [3.8, 4) is 0 Å². The SMILES string of the molecule is O=S(=O)(c1cc(C(F)(F)F)cc2[nH]ccc12)N1CCOCC1. The van der Waals surface area contributed by atoms with E-state index in [2.05, 4.69) is 4.98 Å². The standard InChI is InChI=1S/C13H13F3N2O3S/c14-13(15,16)9-7-11-10(1-2-17-11)12(8-9)22(19,20)18-3-5-21-6-4-18/h1-2,7-8,17H,3-6H2. The highest BCUT2D eigenvalue weighted by atomic mass is 32.2. The van der Waals surface area contributed by atoms with Gasteiger partial charge in [-0.3, -0.25) is 0 Å². The summed E-state index contributed by atoms with van der Waals surface area (Å²) in [7, 11) is -4.01.